The molecular formula is C21H22FN5O2. The molecule has 2 aromatic carbocycles. The highest BCUT2D eigenvalue weighted by atomic mass is 19.1. The van der Waals surface area contributed by atoms with Gasteiger partial charge in [-0.1, -0.05) is 18.2 Å². The van der Waals surface area contributed by atoms with Gasteiger partial charge in [0.2, 0.25) is 0 Å². The molecule has 2 aromatic rings. The number of hydrogen-bond acceptors (Lipinski definition) is 6. The van der Waals surface area contributed by atoms with E-state index in [1.165, 1.54) is 0 Å². The molecule has 1 fully saturated rings. The number of benzene rings is 2. The predicted octanol–water partition coefficient (Wildman–Crippen LogP) is 2.24. The number of alkyl halides is 1. The summed E-state index contributed by atoms with van der Waals surface area (Å²) in [4.78, 5) is 14.1. The lowest BCUT2D eigenvalue weighted by Gasteiger charge is -2.39. The maximum atomic E-state index is 13.2. The Kier molecular flexibility index (Phi) is 4.35. The van der Waals surface area contributed by atoms with Crippen LogP contribution in [0.1, 0.15) is 12.5 Å². The number of fused-ring (bicyclic) bond motifs is 3. The highest BCUT2D eigenvalue weighted by molar-refractivity contribution is 6.10. The topological polar surface area (TPSA) is 78.0 Å². The number of hydrazone groups is 1. The molecular weight excluding hydrogens is 373 g/mol. The van der Waals surface area contributed by atoms with Crippen molar-refractivity contribution in [2.75, 3.05) is 29.9 Å². The molecule has 0 spiro atoms. The van der Waals surface area contributed by atoms with E-state index in [9.17, 15) is 9.18 Å². The van der Waals surface area contributed by atoms with E-state index in [0.717, 1.165) is 35.6 Å². The molecule has 1 unspecified atom stereocenters. The summed E-state index contributed by atoms with van der Waals surface area (Å²) in [7, 11) is 0. The highest BCUT2D eigenvalue weighted by Gasteiger charge is 2.36. The van der Waals surface area contributed by atoms with Crippen molar-refractivity contribution in [1.82, 2.24) is 10.7 Å². The summed E-state index contributed by atoms with van der Waals surface area (Å²) in [5.41, 5.74) is 6.77. The Labute approximate surface area is 167 Å². The standard InChI is InChI=1S/C21H22FN5O2/c1-12-21(28)26-25-20-11-29-19-6-16(14-4-2-3-13(5-14)8-22)17(7-18(19)27(12)20)24-15-9-23-10-15/h2-7,12,15,23-24H,8-11H2,1H3,(H,26,28). The summed E-state index contributed by atoms with van der Waals surface area (Å²) < 4.78 is 19.2. The third kappa shape index (κ3) is 3.09. The number of amidine groups is 1. The fourth-order valence-corrected chi connectivity index (χ4v) is 3.86. The first-order valence-electron chi connectivity index (χ1n) is 9.73. The lowest BCUT2D eigenvalue weighted by Crippen LogP contribution is -2.55. The van der Waals surface area contributed by atoms with Gasteiger partial charge in [-0.2, -0.15) is 5.10 Å². The minimum Gasteiger partial charge on any atom is -0.483 e. The van der Waals surface area contributed by atoms with Crippen LogP contribution in [0, 0.1) is 0 Å². The Balaban J connectivity index is 1.63. The van der Waals surface area contributed by atoms with Crippen molar-refractivity contribution in [3.63, 3.8) is 0 Å². The summed E-state index contributed by atoms with van der Waals surface area (Å²) in [5, 5.41) is 11.0. The van der Waals surface area contributed by atoms with Crippen LogP contribution in [-0.4, -0.2) is 43.5 Å². The number of halogens is 1. The molecule has 0 aromatic heterocycles. The van der Waals surface area contributed by atoms with Crippen molar-refractivity contribution in [2.24, 2.45) is 5.10 Å². The van der Waals surface area contributed by atoms with Crippen molar-refractivity contribution in [1.29, 1.82) is 0 Å². The van der Waals surface area contributed by atoms with Crippen LogP contribution < -0.4 is 25.7 Å². The monoisotopic (exact) mass is 395 g/mol. The van der Waals surface area contributed by atoms with E-state index in [1.807, 2.05) is 42.2 Å². The zero-order valence-electron chi connectivity index (χ0n) is 16.0. The second-order valence-electron chi connectivity index (χ2n) is 7.54. The van der Waals surface area contributed by atoms with Crippen molar-refractivity contribution >= 4 is 23.1 Å². The Morgan fingerprint density at radius 1 is 1.31 bits per heavy atom. The molecule has 7 nitrogen and oxygen atoms in total. The molecule has 0 bridgehead atoms. The highest BCUT2D eigenvalue weighted by Crippen LogP contribution is 2.43. The maximum absolute atomic E-state index is 13.2. The molecule has 3 aliphatic rings. The first kappa shape index (κ1) is 17.9. The lowest BCUT2D eigenvalue weighted by atomic mass is 9.98. The van der Waals surface area contributed by atoms with Gasteiger partial charge in [0.15, 0.2) is 5.84 Å². The van der Waals surface area contributed by atoms with Gasteiger partial charge in [0.1, 0.15) is 25.1 Å². The van der Waals surface area contributed by atoms with Crippen LogP contribution in [0.4, 0.5) is 15.8 Å². The Bertz CT molecular complexity index is 1000. The van der Waals surface area contributed by atoms with E-state index < -0.39 is 6.67 Å². The van der Waals surface area contributed by atoms with Crippen LogP contribution in [0.15, 0.2) is 41.5 Å². The normalized spacial score (nSPS) is 20.6. The number of hydrogen-bond donors (Lipinski definition) is 3. The number of nitrogens with zero attached hydrogens (tertiary/aromatic N) is 2. The minimum absolute atomic E-state index is 0.154. The van der Waals surface area contributed by atoms with Gasteiger partial charge in [-0.15, -0.1) is 0 Å². The second-order valence-corrected chi connectivity index (χ2v) is 7.54. The number of carbonyl (C=O) groups is 1. The molecule has 1 amide bonds. The van der Waals surface area contributed by atoms with Gasteiger partial charge >= 0.3 is 0 Å². The average Bonchev–Trinajstić information content (AvgIpc) is 2.72. The fraction of sp³-hybridized carbons (Fsp3) is 0.333. The Morgan fingerprint density at radius 3 is 2.93 bits per heavy atom. The average molecular weight is 395 g/mol. The summed E-state index contributed by atoms with van der Waals surface area (Å²) >= 11 is 0. The van der Waals surface area contributed by atoms with Crippen LogP contribution >= 0.6 is 0 Å². The summed E-state index contributed by atoms with van der Waals surface area (Å²) in [6, 6.07) is 11.4. The van der Waals surface area contributed by atoms with Gasteiger partial charge in [-0.3, -0.25) is 4.79 Å². The van der Waals surface area contributed by atoms with Crippen molar-refractivity contribution in [3.8, 4) is 16.9 Å². The largest absolute Gasteiger partial charge is 0.483 e. The molecule has 8 heteroatoms. The third-order valence-corrected chi connectivity index (χ3v) is 5.59. The zero-order valence-corrected chi connectivity index (χ0v) is 16.0. The van der Waals surface area contributed by atoms with E-state index in [0.29, 0.717) is 23.2 Å². The van der Waals surface area contributed by atoms with Gasteiger partial charge in [0.05, 0.1) is 11.7 Å². The molecule has 3 aliphatic heterocycles. The summed E-state index contributed by atoms with van der Waals surface area (Å²) in [6.07, 6.45) is 0. The summed E-state index contributed by atoms with van der Waals surface area (Å²) in [6.45, 7) is 3.38. The second kappa shape index (κ2) is 7.04. The SMILES string of the molecule is CC1C(=O)NN=C2COc3cc(-c4cccc(CF)c4)c(NC4CNC4)cc3N21. The van der Waals surface area contributed by atoms with Gasteiger partial charge < -0.3 is 20.3 Å². The number of rotatable bonds is 4. The van der Waals surface area contributed by atoms with Crippen molar-refractivity contribution in [2.45, 2.75) is 25.7 Å². The Morgan fingerprint density at radius 2 is 2.17 bits per heavy atom. The maximum Gasteiger partial charge on any atom is 0.262 e. The molecule has 0 radical (unpaired) electrons. The number of anilines is 2. The first-order valence-corrected chi connectivity index (χ1v) is 9.73. The van der Waals surface area contributed by atoms with Gasteiger partial charge in [-0.25, -0.2) is 9.82 Å². The van der Waals surface area contributed by atoms with Gasteiger partial charge in [0, 0.05) is 24.3 Å². The third-order valence-electron chi connectivity index (χ3n) is 5.59. The smallest absolute Gasteiger partial charge is 0.262 e. The van der Waals surface area contributed by atoms with E-state index in [1.54, 1.807) is 6.07 Å². The molecule has 150 valence electrons. The Hall–Kier alpha value is -3.13. The first-order chi connectivity index (χ1) is 14.1. The predicted molar refractivity (Wildman–Crippen MR) is 110 cm³/mol. The number of nitrogens with one attached hydrogen (secondary N) is 3. The van der Waals surface area contributed by atoms with Crippen molar-refractivity contribution in [3.05, 3.63) is 42.0 Å². The van der Waals surface area contributed by atoms with Crippen LogP contribution in [0.5, 0.6) is 5.75 Å². The van der Waals surface area contributed by atoms with E-state index >= 15 is 0 Å². The van der Waals surface area contributed by atoms with Gasteiger partial charge in [-0.05, 0) is 36.2 Å². The molecule has 0 saturated carbocycles. The van der Waals surface area contributed by atoms with E-state index in [-0.39, 0.29) is 18.6 Å². The minimum atomic E-state index is -0.509. The molecule has 1 saturated heterocycles. The van der Waals surface area contributed by atoms with Gasteiger partial charge in [0.25, 0.3) is 5.91 Å². The fourth-order valence-electron chi connectivity index (χ4n) is 3.86. The molecule has 29 heavy (non-hydrogen) atoms. The van der Waals surface area contributed by atoms with Crippen LogP contribution in [0.3, 0.4) is 0 Å². The molecule has 3 N–H and O–H groups in total. The number of carbonyl (C=O) groups excluding carboxylic acids is 1. The zero-order chi connectivity index (χ0) is 20.0. The van der Waals surface area contributed by atoms with E-state index in [4.69, 9.17) is 4.74 Å². The number of ether oxygens (including phenoxy) is 1. The summed E-state index contributed by atoms with van der Waals surface area (Å²) in [5.74, 6) is 1.20. The number of amides is 1. The van der Waals surface area contributed by atoms with Crippen molar-refractivity contribution < 1.29 is 13.9 Å². The quantitative estimate of drug-likeness (QED) is 0.740. The van der Waals surface area contributed by atoms with E-state index in [2.05, 4.69) is 21.2 Å². The molecule has 5 rings (SSSR count). The molecule has 3 heterocycles. The lowest BCUT2D eigenvalue weighted by molar-refractivity contribution is -0.122. The van der Waals surface area contributed by atoms with Crippen LogP contribution in [0.2, 0.25) is 0 Å². The van der Waals surface area contributed by atoms with Crippen LogP contribution in [0.25, 0.3) is 11.1 Å². The molecule has 1 atom stereocenters. The van der Waals surface area contributed by atoms with Crippen LogP contribution in [-0.2, 0) is 11.5 Å². The molecule has 0 aliphatic carbocycles.